The zero-order valence-electron chi connectivity index (χ0n) is 12.3. The van der Waals surface area contributed by atoms with Crippen LogP contribution in [0.5, 0.6) is 0 Å². The van der Waals surface area contributed by atoms with E-state index in [1.54, 1.807) is 0 Å². The van der Waals surface area contributed by atoms with Crippen molar-refractivity contribution >= 4 is 46.2 Å². The van der Waals surface area contributed by atoms with Crippen LogP contribution in [-0.2, 0) is 0 Å². The van der Waals surface area contributed by atoms with E-state index in [1.807, 2.05) is 61.5 Å². The standard InChI is InChI=1S/C17H14Cl2N4/c1-11-20-16(22-13-8-6-12(18)7-9-13)10-17(21-11)23-15-5-3-2-4-14(15)19/h2-10H,1H3,(H2,20,21,22,23). The molecule has 0 fully saturated rings. The van der Waals surface area contributed by atoms with Crippen molar-refractivity contribution in [1.29, 1.82) is 0 Å². The Bertz CT molecular complexity index is 819. The molecule has 0 saturated carbocycles. The van der Waals surface area contributed by atoms with Crippen molar-refractivity contribution in [2.45, 2.75) is 6.92 Å². The van der Waals surface area contributed by atoms with Gasteiger partial charge in [0, 0.05) is 16.8 Å². The third-order valence-corrected chi connectivity index (χ3v) is 3.67. The molecule has 3 aromatic rings. The summed E-state index contributed by atoms with van der Waals surface area (Å²) >= 11 is 12.1. The van der Waals surface area contributed by atoms with Gasteiger partial charge < -0.3 is 10.6 Å². The van der Waals surface area contributed by atoms with Crippen molar-refractivity contribution in [3.63, 3.8) is 0 Å². The number of benzene rings is 2. The molecule has 0 amide bonds. The molecule has 1 heterocycles. The minimum Gasteiger partial charge on any atom is -0.340 e. The van der Waals surface area contributed by atoms with Gasteiger partial charge >= 0.3 is 0 Å². The maximum atomic E-state index is 6.16. The second kappa shape index (κ2) is 6.86. The number of hydrogen-bond donors (Lipinski definition) is 2. The monoisotopic (exact) mass is 344 g/mol. The molecule has 2 aromatic carbocycles. The number of nitrogens with zero attached hydrogens (tertiary/aromatic N) is 2. The normalized spacial score (nSPS) is 10.4. The van der Waals surface area contributed by atoms with E-state index < -0.39 is 0 Å². The van der Waals surface area contributed by atoms with Crippen molar-refractivity contribution in [3.8, 4) is 0 Å². The molecule has 3 rings (SSSR count). The summed E-state index contributed by atoms with van der Waals surface area (Å²) in [7, 11) is 0. The second-order valence-electron chi connectivity index (χ2n) is 4.92. The van der Waals surface area contributed by atoms with Gasteiger partial charge in [-0.3, -0.25) is 0 Å². The molecule has 0 aliphatic heterocycles. The Hall–Kier alpha value is -2.30. The average Bonchev–Trinajstić information content (AvgIpc) is 2.51. The van der Waals surface area contributed by atoms with E-state index >= 15 is 0 Å². The highest BCUT2D eigenvalue weighted by Crippen LogP contribution is 2.25. The van der Waals surface area contributed by atoms with Crippen LogP contribution in [0.3, 0.4) is 0 Å². The number of para-hydroxylation sites is 1. The quantitative estimate of drug-likeness (QED) is 0.648. The van der Waals surface area contributed by atoms with Crippen LogP contribution in [0.4, 0.5) is 23.0 Å². The Balaban J connectivity index is 1.84. The molecule has 116 valence electrons. The van der Waals surface area contributed by atoms with E-state index in [0.717, 1.165) is 11.4 Å². The summed E-state index contributed by atoms with van der Waals surface area (Å²) in [6, 6.07) is 16.8. The summed E-state index contributed by atoms with van der Waals surface area (Å²) in [5.74, 6) is 2.01. The van der Waals surface area contributed by atoms with Crippen molar-refractivity contribution < 1.29 is 0 Å². The van der Waals surface area contributed by atoms with Crippen LogP contribution in [0.15, 0.2) is 54.6 Å². The summed E-state index contributed by atoms with van der Waals surface area (Å²) < 4.78 is 0. The van der Waals surface area contributed by atoms with Crippen LogP contribution in [0.1, 0.15) is 5.82 Å². The molecule has 0 saturated heterocycles. The van der Waals surface area contributed by atoms with E-state index in [1.165, 1.54) is 0 Å². The third-order valence-electron chi connectivity index (χ3n) is 3.09. The van der Waals surface area contributed by atoms with Crippen LogP contribution >= 0.6 is 23.2 Å². The molecule has 0 unspecified atom stereocenters. The van der Waals surface area contributed by atoms with E-state index in [-0.39, 0.29) is 0 Å². The highest BCUT2D eigenvalue weighted by Gasteiger charge is 2.05. The molecular weight excluding hydrogens is 331 g/mol. The predicted molar refractivity (Wildman–Crippen MR) is 96.2 cm³/mol. The molecule has 4 nitrogen and oxygen atoms in total. The van der Waals surface area contributed by atoms with Crippen LogP contribution in [0.25, 0.3) is 0 Å². The smallest absolute Gasteiger partial charge is 0.136 e. The number of aryl methyl sites for hydroxylation is 1. The minimum atomic E-state index is 0.635. The molecular formula is C17H14Cl2N4. The zero-order valence-corrected chi connectivity index (χ0v) is 13.9. The number of nitrogens with one attached hydrogen (secondary N) is 2. The molecule has 1 aromatic heterocycles. The lowest BCUT2D eigenvalue weighted by molar-refractivity contribution is 1.06. The van der Waals surface area contributed by atoms with Crippen LogP contribution < -0.4 is 10.6 Å². The van der Waals surface area contributed by atoms with Crippen molar-refractivity contribution in [2.75, 3.05) is 10.6 Å². The molecule has 0 spiro atoms. The van der Waals surface area contributed by atoms with Gasteiger partial charge in [-0.2, -0.15) is 0 Å². The van der Waals surface area contributed by atoms with Gasteiger partial charge in [-0.1, -0.05) is 35.3 Å². The fourth-order valence-electron chi connectivity index (χ4n) is 2.08. The molecule has 0 aliphatic carbocycles. The molecule has 0 radical (unpaired) electrons. The van der Waals surface area contributed by atoms with E-state index in [0.29, 0.717) is 27.5 Å². The molecule has 23 heavy (non-hydrogen) atoms. The fourth-order valence-corrected chi connectivity index (χ4v) is 2.39. The van der Waals surface area contributed by atoms with Crippen molar-refractivity contribution in [1.82, 2.24) is 9.97 Å². The lowest BCUT2D eigenvalue weighted by Crippen LogP contribution is -2.01. The number of rotatable bonds is 4. The lowest BCUT2D eigenvalue weighted by Gasteiger charge is -2.11. The van der Waals surface area contributed by atoms with Crippen LogP contribution in [0, 0.1) is 6.92 Å². The SMILES string of the molecule is Cc1nc(Nc2ccc(Cl)cc2)cc(Nc2ccccc2Cl)n1. The first-order valence-corrected chi connectivity index (χ1v) is 7.75. The lowest BCUT2D eigenvalue weighted by atomic mass is 10.3. The van der Waals surface area contributed by atoms with Gasteiger partial charge in [0.25, 0.3) is 0 Å². The Morgan fingerprint density at radius 3 is 2.17 bits per heavy atom. The summed E-state index contributed by atoms with van der Waals surface area (Å²) in [4.78, 5) is 8.77. The van der Waals surface area contributed by atoms with Crippen LogP contribution in [0.2, 0.25) is 10.0 Å². The van der Waals surface area contributed by atoms with Gasteiger partial charge in [-0.05, 0) is 43.3 Å². The number of anilines is 4. The van der Waals surface area contributed by atoms with Gasteiger partial charge in [0.05, 0.1) is 10.7 Å². The predicted octanol–water partition coefficient (Wildman–Crippen LogP) is 5.58. The number of aromatic nitrogens is 2. The van der Waals surface area contributed by atoms with E-state index in [4.69, 9.17) is 23.2 Å². The third kappa shape index (κ3) is 4.12. The zero-order chi connectivity index (χ0) is 16.2. The summed E-state index contributed by atoms with van der Waals surface area (Å²) in [5, 5.41) is 7.76. The number of halogens is 2. The van der Waals surface area contributed by atoms with Gasteiger partial charge in [-0.15, -0.1) is 0 Å². The average molecular weight is 345 g/mol. The van der Waals surface area contributed by atoms with Gasteiger partial charge in [0.15, 0.2) is 0 Å². The minimum absolute atomic E-state index is 0.635. The van der Waals surface area contributed by atoms with Gasteiger partial charge in [-0.25, -0.2) is 9.97 Å². The summed E-state index contributed by atoms with van der Waals surface area (Å²) in [5.41, 5.74) is 1.70. The topological polar surface area (TPSA) is 49.8 Å². The molecule has 0 aliphatic rings. The van der Waals surface area contributed by atoms with Crippen LogP contribution in [-0.4, -0.2) is 9.97 Å². The Morgan fingerprint density at radius 1 is 0.826 bits per heavy atom. The molecule has 6 heteroatoms. The van der Waals surface area contributed by atoms with Gasteiger partial charge in [0.1, 0.15) is 17.5 Å². The van der Waals surface area contributed by atoms with Crippen molar-refractivity contribution in [3.05, 3.63) is 70.5 Å². The molecule has 0 bridgehead atoms. The first-order chi connectivity index (χ1) is 11.1. The first kappa shape index (κ1) is 15.6. The Labute approximate surface area is 144 Å². The maximum absolute atomic E-state index is 6.16. The fraction of sp³-hybridized carbons (Fsp3) is 0.0588. The van der Waals surface area contributed by atoms with Gasteiger partial charge in [0.2, 0.25) is 0 Å². The highest BCUT2D eigenvalue weighted by molar-refractivity contribution is 6.33. The maximum Gasteiger partial charge on any atom is 0.136 e. The summed E-state index contributed by atoms with van der Waals surface area (Å²) in [6.45, 7) is 1.84. The first-order valence-electron chi connectivity index (χ1n) is 7.00. The molecule has 0 atom stereocenters. The van der Waals surface area contributed by atoms with E-state index in [9.17, 15) is 0 Å². The molecule has 2 N–H and O–H groups in total. The Morgan fingerprint density at radius 2 is 1.48 bits per heavy atom. The van der Waals surface area contributed by atoms with Crippen molar-refractivity contribution in [2.24, 2.45) is 0 Å². The van der Waals surface area contributed by atoms with E-state index in [2.05, 4.69) is 20.6 Å². The highest BCUT2D eigenvalue weighted by atomic mass is 35.5. The number of hydrogen-bond acceptors (Lipinski definition) is 4. The largest absolute Gasteiger partial charge is 0.340 e. The second-order valence-corrected chi connectivity index (χ2v) is 5.77. The summed E-state index contributed by atoms with van der Waals surface area (Å²) in [6.07, 6.45) is 0. The Kier molecular flexibility index (Phi) is 4.65.